The van der Waals surface area contributed by atoms with Gasteiger partial charge in [0.15, 0.2) is 0 Å². The Morgan fingerprint density at radius 1 is 1.83 bits per heavy atom. The lowest BCUT2D eigenvalue weighted by Crippen LogP contribution is -2.30. The Balaban J connectivity index is 2.11. The van der Waals surface area contributed by atoms with Crippen molar-refractivity contribution in [3.63, 3.8) is 0 Å². The molecule has 4 heteroatoms. The number of nitrogens with two attached hydrogens (primary N) is 1. The Morgan fingerprint density at radius 2 is 2.58 bits per heavy atom. The summed E-state index contributed by atoms with van der Waals surface area (Å²) in [5.74, 6) is 0.0284. The molecule has 0 saturated carbocycles. The van der Waals surface area contributed by atoms with Crippen LogP contribution in [0.4, 0.5) is 0 Å². The predicted molar refractivity (Wildman–Crippen MR) is 43.5 cm³/mol. The summed E-state index contributed by atoms with van der Waals surface area (Å²) in [4.78, 5) is 10.6. The first-order valence-electron chi connectivity index (χ1n) is 4.19. The van der Waals surface area contributed by atoms with E-state index in [-0.39, 0.29) is 0 Å². The third-order valence-corrected chi connectivity index (χ3v) is 2.01. The lowest BCUT2D eigenvalue weighted by molar-refractivity contribution is -0.129. The van der Waals surface area contributed by atoms with Crippen LogP contribution in [0, 0.1) is 5.92 Å². The third kappa shape index (κ3) is 2.79. The molecular weight excluding hydrogens is 158 g/mol. The number of rotatable bonds is 4. The highest BCUT2D eigenvalue weighted by Gasteiger charge is 2.18. The molecule has 4 nitrogen and oxygen atoms in total. The molecule has 1 fully saturated rings. The molecule has 1 aliphatic rings. The zero-order valence-electron chi connectivity index (χ0n) is 7.29. The zero-order chi connectivity index (χ0) is 8.97. The molecule has 0 aromatic heterocycles. The summed E-state index contributed by atoms with van der Waals surface area (Å²) in [6.45, 7) is 3.78. The molecule has 70 valence electrons. The van der Waals surface area contributed by atoms with Gasteiger partial charge in [-0.3, -0.25) is 4.79 Å². The minimum absolute atomic E-state index is 0.408. The van der Waals surface area contributed by atoms with Gasteiger partial charge in [-0.05, 0) is 13.3 Å². The number of ether oxygens (including phenoxy) is 2. The molecule has 0 aromatic rings. The van der Waals surface area contributed by atoms with E-state index in [4.69, 9.17) is 15.2 Å². The van der Waals surface area contributed by atoms with E-state index in [1.54, 1.807) is 6.92 Å². The topological polar surface area (TPSA) is 61.6 Å². The lowest BCUT2D eigenvalue weighted by atomic mass is 10.1. The largest absolute Gasteiger partial charge is 0.381 e. The van der Waals surface area contributed by atoms with Crippen LogP contribution in [0.25, 0.3) is 0 Å². The van der Waals surface area contributed by atoms with Gasteiger partial charge in [0.05, 0.1) is 13.2 Å². The Morgan fingerprint density at radius 3 is 3.08 bits per heavy atom. The van der Waals surface area contributed by atoms with Gasteiger partial charge in [-0.2, -0.15) is 0 Å². The van der Waals surface area contributed by atoms with Crippen molar-refractivity contribution in [2.45, 2.75) is 19.4 Å². The second-order valence-electron chi connectivity index (χ2n) is 3.11. The van der Waals surface area contributed by atoms with E-state index in [9.17, 15) is 4.79 Å². The first-order valence-corrected chi connectivity index (χ1v) is 4.19. The lowest BCUT2D eigenvalue weighted by Gasteiger charge is -2.12. The molecule has 0 spiro atoms. The molecule has 1 saturated heterocycles. The van der Waals surface area contributed by atoms with E-state index in [1.807, 2.05) is 0 Å². The van der Waals surface area contributed by atoms with Gasteiger partial charge in [-0.1, -0.05) is 0 Å². The highest BCUT2D eigenvalue weighted by molar-refractivity contribution is 5.78. The summed E-state index contributed by atoms with van der Waals surface area (Å²) in [7, 11) is 0. The third-order valence-electron chi connectivity index (χ3n) is 2.01. The van der Waals surface area contributed by atoms with Crippen LogP contribution < -0.4 is 5.73 Å². The average molecular weight is 173 g/mol. The molecule has 1 heterocycles. The first-order chi connectivity index (χ1) is 5.70. The predicted octanol–water partition coefficient (Wildman–Crippen LogP) is -0.0867. The van der Waals surface area contributed by atoms with E-state index < -0.39 is 12.0 Å². The van der Waals surface area contributed by atoms with Gasteiger partial charge in [0.1, 0.15) is 6.10 Å². The number of carbonyl (C=O) groups is 1. The summed E-state index contributed by atoms with van der Waals surface area (Å²) in [5.41, 5.74) is 5.03. The van der Waals surface area contributed by atoms with Crippen molar-refractivity contribution >= 4 is 5.91 Å². The standard InChI is InChI=1S/C8H15NO3/c1-6(8(9)10)12-5-7-2-3-11-4-7/h6-7H,2-5H2,1H3,(H2,9,10). The van der Waals surface area contributed by atoms with Crippen LogP contribution in [-0.2, 0) is 14.3 Å². The normalized spacial score (nSPS) is 25.6. The van der Waals surface area contributed by atoms with E-state index in [0.29, 0.717) is 12.5 Å². The van der Waals surface area contributed by atoms with Crippen LogP contribution in [0.3, 0.4) is 0 Å². The second-order valence-corrected chi connectivity index (χ2v) is 3.11. The molecule has 2 N–H and O–H groups in total. The Kier molecular flexibility index (Phi) is 3.49. The van der Waals surface area contributed by atoms with Gasteiger partial charge in [0.2, 0.25) is 5.91 Å². The minimum atomic E-state index is -0.481. The van der Waals surface area contributed by atoms with Crippen LogP contribution >= 0.6 is 0 Å². The molecular formula is C8H15NO3. The monoisotopic (exact) mass is 173 g/mol. The van der Waals surface area contributed by atoms with Gasteiger partial charge in [0, 0.05) is 12.5 Å². The molecule has 1 amide bonds. The summed E-state index contributed by atoms with van der Waals surface area (Å²) >= 11 is 0. The van der Waals surface area contributed by atoms with Crippen molar-refractivity contribution in [1.29, 1.82) is 0 Å². The fourth-order valence-electron chi connectivity index (χ4n) is 1.08. The summed E-state index contributed by atoms with van der Waals surface area (Å²) < 4.78 is 10.4. The Hall–Kier alpha value is -0.610. The Labute approximate surface area is 72.0 Å². The molecule has 1 rings (SSSR count). The maximum Gasteiger partial charge on any atom is 0.246 e. The zero-order valence-corrected chi connectivity index (χ0v) is 7.29. The van der Waals surface area contributed by atoms with Crippen molar-refractivity contribution < 1.29 is 14.3 Å². The summed E-state index contributed by atoms with van der Waals surface area (Å²) in [5, 5.41) is 0. The molecule has 0 bridgehead atoms. The molecule has 2 unspecified atom stereocenters. The summed E-state index contributed by atoms with van der Waals surface area (Å²) in [6, 6.07) is 0. The molecule has 0 radical (unpaired) electrons. The molecule has 0 aromatic carbocycles. The molecule has 1 aliphatic heterocycles. The van der Waals surface area contributed by atoms with Gasteiger partial charge in [-0.15, -0.1) is 0 Å². The van der Waals surface area contributed by atoms with Crippen molar-refractivity contribution in [3.8, 4) is 0 Å². The van der Waals surface area contributed by atoms with Gasteiger partial charge in [-0.25, -0.2) is 0 Å². The van der Waals surface area contributed by atoms with Gasteiger partial charge < -0.3 is 15.2 Å². The molecule has 2 atom stereocenters. The SMILES string of the molecule is CC(OCC1CCOC1)C(N)=O. The first kappa shape index (κ1) is 9.48. The summed E-state index contributed by atoms with van der Waals surface area (Å²) in [6.07, 6.45) is 0.538. The number of amides is 1. The van der Waals surface area contributed by atoms with Crippen LogP contribution in [0.1, 0.15) is 13.3 Å². The van der Waals surface area contributed by atoms with Crippen molar-refractivity contribution in [2.24, 2.45) is 11.7 Å². The maximum absolute atomic E-state index is 10.6. The van der Waals surface area contributed by atoms with E-state index in [0.717, 1.165) is 19.6 Å². The number of hydrogen-bond acceptors (Lipinski definition) is 3. The fourth-order valence-corrected chi connectivity index (χ4v) is 1.08. The van der Waals surface area contributed by atoms with Crippen LogP contribution in [0.2, 0.25) is 0 Å². The smallest absolute Gasteiger partial charge is 0.246 e. The highest BCUT2D eigenvalue weighted by Crippen LogP contribution is 2.12. The molecule has 12 heavy (non-hydrogen) atoms. The van der Waals surface area contributed by atoms with Gasteiger partial charge in [0.25, 0.3) is 0 Å². The Bertz CT molecular complexity index is 154. The average Bonchev–Trinajstić information content (AvgIpc) is 2.51. The number of hydrogen-bond donors (Lipinski definition) is 1. The van der Waals surface area contributed by atoms with Crippen molar-refractivity contribution in [1.82, 2.24) is 0 Å². The van der Waals surface area contributed by atoms with Crippen molar-refractivity contribution in [3.05, 3.63) is 0 Å². The van der Waals surface area contributed by atoms with Crippen LogP contribution in [0.15, 0.2) is 0 Å². The quantitative estimate of drug-likeness (QED) is 0.646. The molecule has 0 aliphatic carbocycles. The van der Waals surface area contributed by atoms with Gasteiger partial charge >= 0.3 is 0 Å². The number of primary amides is 1. The maximum atomic E-state index is 10.6. The van der Waals surface area contributed by atoms with E-state index in [1.165, 1.54) is 0 Å². The highest BCUT2D eigenvalue weighted by atomic mass is 16.5. The minimum Gasteiger partial charge on any atom is -0.381 e. The van der Waals surface area contributed by atoms with Crippen LogP contribution in [-0.4, -0.2) is 31.8 Å². The number of carbonyl (C=O) groups excluding carboxylic acids is 1. The van der Waals surface area contributed by atoms with Crippen molar-refractivity contribution in [2.75, 3.05) is 19.8 Å². The van der Waals surface area contributed by atoms with Crippen LogP contribution in [0.5, 0.6) is 0 Å². The van der Waals surface area contributed by atoms with E-state index in [2.05, 4.69) is 0 Å². The fraction of sp³-hybridized carbons (Fsp3) is 0.875. The second kappa shape index (κ2) is 4.42. The van der Waals surface area contributed by atoms with E-state index >= 15 is 0 Å².